The Morgan fingerprint density at radius 2 is 2.22 bits per heavy atom. The molecule has 1 saturated heterocycles. The van der Waals surface area contributed by atoms with Crippen molar-refractivity contribution in [1.82, 2.24) is 15.1 Å². The van der Waals surface area contributed by atoms with Gasteiger partial charge in [-0.3, -0.25) is 4.79 Å². The number of benzene rings is 1. The number of carbonyl (C=O) groups excluding carboxylic acids is 2. The number of amides is 3. The third-order valence-corrected chi connectivity index (χ3v) is 4.93. The van der Waals surface area contributed by atoms with E-state index in [0.29, 0.717) is 31.0 Å². The number of thioether (sulfide) groups is 1. The first-order chi connectivity index (χ1) is 11.0. The molecule has 1 fully saturated rings. The Bertz CT molecular complexity index is 570. The lowest BCUT2D eigenvalue weighted by molar-refractivity contribution is -0.128. The average Bonchev–Trinajstić information content (AvgIpc) is 2.91. The zero-order valence-corrected chi connectivity index (χ0v) is 14.2. The quantitative estimate of drug-likeness (QED) is 0.866. The molecular formula is C16H22FN3O2S. The standard InChI is InChI=1S/C16H22FN3O2S/c1-3-8-18-16(22)19(2)9-10-20-14(21)11-23-15(20)12-6-4-5-7-13(12)17/h4-7,15H,3,8-11H2,1-2H3,(H,18,22)/t15-/m0/s1. The van der Waals surface area contributed by atoms with Crippen LogP contribution in [0.2, 0.25) is 0 Å². The lowest BCUT2D eigenvalue weighted by Crippen LogP contribution is -2.42. The van der Waals surface area contributed by atoms with E-state index in [-0.39, 0.29) is 23.1 Å². The second-order valence-electron chi connectivity index (χ2n) is 5.43. The van der Waals surface area contributed by atoms with E-state index in [2.05, 4.69) is 5.32 Å². The van der Waals surface area contributed by atoms with Gasteiger partial charge in [-0.15, -0.1) is 11.8 Å². The summed E-state index contributed by atoms with van der Waals surface area (Å²) in [6.45, 7) is 3.41. The lowest BCUT2D eigenvalue weighted by atomic mass is 10.2. The predicted molar refractivity (Wildman–Crippen MR) is 89.6 cm³/mol. The highest BCUT2D eigenvalue weighted by Crippen LogP contribution is 2.39. The predicted octanol–water partition coefficient (Wildman–Crippen LogP) is 2.45. The molecule has 1 heterocycles. The van der Waals surface area contributed by atoms with Gasteiger partial charge in [-0.05, 0) is 12.5 Å². The van der Waals surface area contributed by atoms with E-state index in [1.54, 1.807) is 35.0 Å². The lowest BCUT2D eigenvalue weighted by Gasteiger charge is -2.27. The van der Waals surface area contributed by atoms with Crippen molar-refractivity contribution in [2.75, 3.05) is 32.4 Å². The van der Waals surface area contributed by atoms with Crippen LogP contribution in [0.4, 0.5) is 9.18 Å². The molecule has 0 aliphatic carbocycles. The van der Waals surface area contributed by atoms with Crippen molar-refractivity contribution in [1.29, 1.82) is 0 Å². The maximum absolute atomic E-state index is 14.0. The molecule has 0 saturated carbocycles. The molecule has 3 amide bonds. The van der Waals surface area contributed by atoms with Crippen molar-refractivity contribution in [3.63, 3.8) is 0 Å². The fourth-order valence-electron chi connectivity index (χ4n) is 2.36. The number of hydrogen-bond donors (Lipinski definition) is 1. The monoisotopic (exact) mass is 339 g/mol. The van der Waals surface area contributed by atoms with Gasteiger partial charge in [0.25, 0.3) is 0 Å². The van der Waals surface area contributed by atoms with Crippen LogP contribution in [0.1, 0.15) is 24.3 Å². The van der Waals surface area contributed by atoms with Gasteiger partial charge in [-0.2, -0.15) is 0 Å². The largest absolute Gasteiger partial charge is 0.338 e. The molecule has 1 aliphatic rings. The molecule has 0 spiro atoms. The van der Waals surface area contributed by atoms with Crippen LogP contribution >= 0.6 is 11.8 Å². The Morgan fingerprint density at radius 3 is 2.91 bits per heavy atom. The highest BCUT2D eigenvalue weighted by Gasteiger charge is 2.34. The SMILES string of the molecule is CCCNC(=O)N(C)CCN1C(=O)CS[C@H]1c1ccccc1F. The van der Waals surface area contributed by atoms with Crippen LogP contribution in [0.5, 0.6) is 0 Å². The summed E-state index contributed by atoms with van der Waals surface area (Å²) in [4.78, 5) is 27.1. The highest BCUT2D eigenvalue weighted by molar-refractivity contribution is 8.00. The maximum Gasteiger partial charge on any atom is 0.317 e. The van der Waals surface area contributed by atoms with E-state index in [9.17, 15) is 14.0 Å². The van der Waals surface area contributed by atoms with Gasteiger partial charge in [0, 0.05) is 32.2 Å². The number of hydrogen-bond acceptors (Lipinski definition) is 3. The smallest absolute Gasteiger partial charge is 0.317 e. The first kappa shape index (κ1) is 17.6. The molecule has 0 unspecified atom stereocenters. The fraction of sp³-hybridized carbons (Fsp3) is 0.500. The summed E-state index contributed by atoms with van der Waals surface area (Å²) in [7, 11) is 1.69. The van der Waals surface area contributed by atoms with Crippen molar-refractivity contribution in [3.05, 3.63) is 35.6 Å². The number of likely N-dealkylation sites (N-methyl/N-ethyl adjacent to an activating group) is 1. The first-order valence-electron chi connectivity index (χ1n) is 7.69. The number of nitrogens with zero attached hydrogens (tertiary/aromatic N) is 2. The van der Waals surface area contributed by atoms with Gasteiger partial charge in [0.05, 0.1) is 5.75 Å². The molecule has 0 bridgehead atoms. The van der Waals surface area contributed by atoms with E-state index in [1.807, 2.05) is 6.92 Å². The van der Waals surface area contributed by atoms with Crippen molar-refractivity contribution in [3.8, 4) is 0 Å². The molecule has 0 aromatic heterocycles. The molecule has 23 heavy (non-hydrogen) atoms. The maximum atomic E-state index is 14.0. The molecule has 126 valence electrons. The van der Waals surface area contributed by atoms with E-state index in [4.69, 9.17) is 0 Å². The molecular weight excluding hydrogens is 317 g/mol. The molecule has 2 rings (SSSR count). The molecule has 1 aliphatic heterocycles. The van der Waals surface area contributed by atoms with Gasteiger partial charge in [0.1, 0.15) is 11.2 Å². The number of carbonyl (C=O) groups is 2. The summed E-state index contributed by atoms with van der Waals surface area (Å²) in [5, 5.41) is 2.47. The van der Waals surface area contributed by atoms with Gasteiger partial charge in [0.2, 0.25) is 5.91 Å². The first-order valence-corrected chi connectivity index (χ1v) is 8.74. The van der Waals surface area contributed by atoms with Crippen LogP contribution in [0, 0.1) is 5.82 Å². The van der Waals surface area contributed by atoms with Crippen LogP contribution in [-0.4, -0.2) is 54.2 Å². The average molecular weight is 339 g/mol. The molecule has 1 aromatic carbocycles. The van der Waals surface area contributed by atoms with Crippen molar-refractivity contribution < 1.29 is 14.0 Å². The Balaban J connectivity index is 1.98. The van der Waals surface area contributed by atoms with Gasteiger partial charge in [-0.25, -0.2) is 9.18 Å². The van der Waals surface area contributed by atoms with Gasteiger partial charge < -0.3 is 15.1 Å². The molecule has 1 N–H and O–H groups in total. The topological polar surface area (TPSA) is 52.7 Å². The summed E-state index contributed by atoms with van der Waals surface area (Å²) in [6.07, 6.45) is 0.871. The Labute approximate surface area is 140 Å². The number of urea groups is 1. The number of halogens is 1. The van der Waals surface area contributed by atoms with Crippen molar-refractivity contribution in [2.45, 2.75) is 18.7 Å². The zero-order chi connectivity index (χ0) is 16.8. The Morgan fingerprint density at radius 1 is 1.48 bits per heavy atom. The fourth-order valence-corrected chi connectivity index (χ4v) is 3.59. The van der Waals surface area contributed by atoms with Gasteiger partial charge in [0.15, 0.2) is 0 Å². The van der Waals surface area contributed by atoms with E-state index in [0.717, 1.165) is 6.42 Å². The molecule has 0 radical (unpaired) electrons. The zero-order valence-electron chi connectivity index (χ0n) is 13.4. The van der Waals surface area contributed by atoms with E-state index >= 15 is 0 Å². The van der Waals surface area contributed by atoms with E-state index < -0.39 is 0 Å². The third-order valence-electron chi connectivity index (χ3n) is 3.69. The second-order valence-corrected chi connectivity index (χ2v) is 6.49. The number of rotatable bonds is 6. The molecule has 1 aromatic rings. The number of nitrogens with one attached hydrogen (secondary N) is 1. The van der Waals surface area contributed by atoms with Gasteiger partial charge in [-0.1, -0.05) is 25.1 Å². The minimum atomic E-state index is -0.323. The minimum absolute atomic E-state index is 0.0226. The van der Waals surface area contributed by atoms with Crippen LogP contribution in [0.15, 0.2) is 24.3 Å². The Hall–Kier alpha value is -1.76. The van der Waals surface area contributed by atoms with E-state index in [1.165, 1.54) is 17.8 Å². The second kappa shape index (κ2) is 8.19. The third kappa shape index (κ3) is 4.37. The van der Waals surface area contributed by atoms with Crippen LogP contribution in [0.3, 0.4) is 0 Å². The molecule has 7 heteroatoms. The van der Waals surface area contributed by atoms with Crippen molar-refractivity contribution >= 4 is 23.7 Å². The Kier molecular flexibility index (Phi) is 6.27. The summed E-state index contributed by atoms with van der Waals surface area (Å²) in [5.74, 6) is 0.00875. The summed E-state index contributed by atoms with van der Waals surface area (Å²) < 4.78 is 14.0. The molecule has 1 atom stereocenters. The summed E-state index contributed by atoms with van der Waals surface area (Å²) in [6, 6.07) is 6.35. The van der Waals surface area contributed by atoms with Crippen LogP contribution in [0.25, 0.3) is 0 Å². The van der Waals surface area contributed by atoms with Crippen LogP contribution < -0.4 is 5.32 Å². The summed E-state index contributed by atoms with van der Waals surface area (Å²) >= 11 is 1.42. The van der Waals surface area contributed by atoms with Crippen molar-refractivity contribution in [2.24, 2.45) is 0 Å². The van der Waals surface area contributed by atoms with Gasteiger partial charge >= 0.3 is 6.03 Å². The van der Waals surface area contributed by atoms with Crippen LogP contribution in [-0.2, 0) is 4.79 Å². The molecule has 5 nitrogen and oxygen atoms in total. The minimum Gasteiger partial charge on any atom is -0.338 e. The highest BCUT2D eigenvalue weighted by atomic mass is 32.2. The summed E-state index contributed by atoms with van der Waals surface area (Å²) in [5.41, 5.74) is 0.515. The normalized spacial score (nSPS) is 17.4.